The third-order valence-corrected chi connectivity index (χ3v) is 2.59. The zero-order chi connectivity index (χ0) is 11.7. The van der Waals surface area contributed by atoms with Crippen LogP contribution in [0.5, 0.6) is 0 Å². The fourth-order valence-corrected chi connectivity index (χ4v) is 1.75. The molecule has 82 valence electrons. The highest BCUT2D eigenvalue weighted by atomic mass is 16.3. The predicted molar refractivity (Wildman–Crippen MR) is 65.7 cm³/mol. The second-order valence-corrected chi connectivity index (χ2v) is 3.71. The first-order chi connectivity index (χ1) is 8.34. The summed E-state index contributed by atoms with van der Waals surface area (Å²) in [5, 5.41) is 0.555. The Morgan fingerprint density at radius 2 is 1.88 bits per heavy atom. The number of hydrogen-bond acceptors (Lipinski definition) is 3. The predicted octanol–water partition coefficient (Wildman–Crippen LogP) is 2.86. The van der Waals surface area contributed by atoms with Gasteiger partial charge in [0.2, 0.25) is 0 Å². The molecule has 3 nitrogen and oxygen atoms in total. The van der Waals surface area contributed by atoms with Crippen molar-refractivity contribution in [1.82, 2.24) is 4.98 Å². The SMILES string of the molecule is O=c1cc(-c2ccccc2)oc2cnccc12. The average molecular weight is 223 g/mol. The Morgan fingerprint density at radius 3 is 2.71 bits per heavy atom. The van der Waals surface area contributed by atoms with E-state index in [4.69, 9.17) is 4.42 Å². The Morgan fingerprint density at radius 1 is 1.06 bits per heavy atom. The van der Waals surface area contributed by atoms with Gasteiger partial charge in [0.25, 0.3) is 0 Å². The van der Waals surface area contributed by atoms with Crippen LogP contribution in [0.4, 0.5) is 0 Å². The van der Waals surface area contributed by atoms with E-state index in [1.54, 1.807) is 18.5 Å². The van der Waals surface area contributed by atoms with Gasteiger partial charge in [0.1, 0.15) is 5.76 Å². The summed E-state index contributed by atoms with van der Waals surface area (Å²) in [7, 11) is 0. The lowest BCUT2D eigenvalue weighted by Gasteiger charge is -2.01. The number of aromatic nitrogens is 1. The number of rotatable bonds is 1. The first kappa shape index (κ1) is 9.78. The van der Waals surface area contributed by atoms with Crippen molar-refractivity contribution >= 4 is 11.0 Å². The average Bonchev–Trinajstić information content (AvgIpc) is 2.40. The van der Waals surface area contributed by atoms with Gasteiger partial charge in [0.05, 0.1) is 11.6 Å². The molecule has 1 aromatic carbocycles. The number of pyridine rings is 1. The monoisotopic (exact) mass is 223 g/mol. The molecule has 0 spiro atoms. The standard InChI is InChI=1S/C14H9NO2/c16-12-8-13(10-4-2-1-3-5-10)17-14-9-15-7-6-11(12)14/h1-9H. The molecule has 3 rings (SSSR count). The summed E-state index contributed by atoms with van der Waals surface area (Å²) in [6, 6.07) is 12.7. The molecule has 0 aliphatic rings. The molecule has 0 unspecified atom stereocenters. The molecule has 0 radical (unpaired) electrons. The second-order valence-electron chi connectivity index (χ2n) is 3.71. The van der Waals surface area contributed by atoms with E-state index in [1.807, 2.05) is 30.3 Å². The number of hydrogen-bond donors (Lipinski definition) is 0. The maximum Gasteiger partial charge on any atom is 0.193 e. The van der Waals surface area contributed by atoms with Gasteiger partial charge in [0.15, 0.2) is 11.0 Å². The Bertz CT molecular complexity index is 717. The number of benzene rings is 1. The topological polar surface area (TPSA) is 43.1 Å². The van der Waals surface area contributed by atoms with E-state index < -0.39 is 0 Å². The molecule has 3 aromatic rings. The molecule has 0 saturated heterocycles. The van der Waals surface area contributed by atoms with E-state index in [1.165, 1.54) is 6.07 Å². The Balaban J connectivity index is 2.30. The Kier molecular flexibility index (Phi) is 2.22. The lowest BCUT2D eigenvalue weighted by Crippen LogP contribution is -2.00. The number of fused-ring (bicyclic) bond motifs is 1. The van der Waals surface area contributed by atoms with E-state index >= 15 is 0 Å². The summed E-state index contributed by atoms with van der Waals surface area (Å²) >= 11 is 0. The summed E-state index contributed by atoms with van der Waals surface area (Å²) in [6.45, 7) is 0. The van der Waals surface area contributed by atoms with Crippen LogP contribution in [0.2, 0.25) is 0 Å². The fraction of sp³-hybridized carbons (Fsp3) is 0. The molecule has 0 bridgehead atoms. The first-order valence-corrected chi connectivity index (χ1v) is 5.28. The Labute approximate surface area is 97.4 Å². The molecular weight excluding hydrogens is 214 g/mol. The van der Waals surface area contributed by atoms with Gasteiger partial charge in [-0.05, 0) is 6.07 Å². The minimum Gasteiger partial charge on any atom is -0.454 e. The van der Waals surface area contributed by atoms with Gasteiger partial charge >= 0.3 is 0 Å². The summed E-state index contributed by atoms with van der Waals surface area (Å²) in [5.74, 6) is 0.566. The molecule has 0 aliphatic heterocycles. The molecule has 2 heterocycles. The van der Waals surface area contributed by atoms with E-state index in [-0.39, 0.29) is 5.43 Å². The van der Waals surface area contributed by atoms with Gasteiger partial charge in [-0.2, -0.15) is 0 Å². The van der Waals surface area contributed by atoms with Crippen LogP contribution in [0.1, 0.15) is 0 Å². The minimum atomic E-state index is -0.0486. The highest BCUT2D eigenvalue weighted by Crippen LogP contribution is 2.20. The quantitative estimate of drug-likeness (QED) is 0.637. The van der Waals surface area contributed by atoms with Crippen molar-refractivity contribution in [2.45, 2.75) is 0 Å². The highest BCUT2D eigenvalue weighted by Gasteiger charge is 2.05. The van der Waals surface area contributed by atoms with Crippen LogP contribution in [-0.2, 0) is 0 Å². The van der Waals surface area contributed by atoms with Crippen molar-refractivity contribution in [2.75, 3.05) is 0 Å². The van der Waals surface area contributed by atoms with Gasteiger partial charge in [-0.1, -0.05) is 30.3 Å². The van der Waals surface area contributed by atoms with Crippen molar-refractivity contribution in [2.24, 2.45) is 0 Å². The maximum atomic E-state index is 11.9. The molecule has 0 N–H and O–H groups in total. The van der Waals surface area contributed by atoms with Crippen molar-refractivity contribution in [3.05, 3.63) is 65.1 Å². The van der Waals surface area contributed by atoms with Gasteiger partial charge in [0, 0.05) is 17.8 Å². The zero-order valence-electron chi connectivity index (χ0n) is 8.96. The van der Waals surface area contributed by atoms with Crippen LogP contribution >= 0.6 is 0 Å². The van der Waals surface area contributed by atoms with E-state index in [0.717, 1.165) is 5.56 Å². The molecule has 0 fully saturated rings. The lowest BCUT2D eigenvalue weighted by molar-refractivity contribution is 0.617. The summed E-state index contributed by atoms with van der Waals surface area (Å²) in [5.41, 5.74) is 1.35. The van der Waals surface area contributed by atoms with Crippen molar-refractivity contribution in [3.63, 3.8) is 0 Å². The van der Waals surface area contributed by atoms with Crippen LogP contribution < -0.4 is 5.43 Å². The summed E-state index contributed by atoms with van der Waals surface area (Å²) in [6.07, 6.45) is 3.14. The van der Waals surface area contributed by atoms with Crippen molar-refractivity contribution in [1.29, 1.82) is 0 Å². The van der Waals surface area contributed by atoms with Gasteiger partial charge < -0.3 is 4.42 Å². The third-order valence-electron chi connectivity index (χ3n) is 2.59. The largest absolute Gasteiger partial charge is 0.454 e. The van der Waals surface area contributed by atoms with Gasteiger partial charge in [-0.3, -0.25) is 9.78 Å². The molecule has 0 aliphatic carbocycles. The molecule has 0 amide bonds. The van der Waals surface area contributed by atoms with Crippen LogP contribution in [0.3, 0.4) is 0 Å². The first-order valence-electron chi connectivity index (χ1n) is 5.28. The van der Waals surface area contributed by atoms with Gasteiger partial charge in [-0.25, -0.2) is 0 Å². The summed E-state index contributed by atoms with van der Waals surface area (Å²) in [4.78, 5) is 15.8. The molecule has 0 saturated carbocycles. The molecular formula is C14H9NO2. The van der Waals surface area contributed by atoms with E-state index in [2.05, 4.69) is 4.98 Å². The lowest BCUT2D eigenvalue weighted by atomic mass is 10.1. The van der Waals surface area contributed by atoms with Crippen LogP contribution in [-0.4, -0.2) is 4.98 Å². The van der Waals surface area contributed by atoms with Crippen LogP contribution in [0.15, 0.2) is 64.1 Å². The third kappa shape index (κ3) is 1.72. The highest BCUT2D eigenvalue weighted by molar-refractivity contribution is 5.77. The number of nitrogens with zero attached hydrogens (tertiary/aromatic N) is 1. The van der Waals surface area contributed by atoms with E-state index in [9.17, 15) is 4.79 Å². The van der Waals surface area contributed by atoms with Crippen molar-refractivity contribution in [3.8, 4) is 11.3 Å². The molecule has 3 heteroatoms. The van der Waals surface area contributed by atoms with Crippen LogP contribution in [0, 0.1) is 0 Å². The Hall–Kier alpha value is -2.42. The zero-order valence-corrected chi connectivity index (χ0v) is 8.96. The maximum absolute atomic E-state index is 11.9. The smallest absolute Gasteiger partial charge is 0.193 e. The van der Waals surface area contributed by atoms with Crippen molar-refractivity contribution < 1.29 is 4.42 Å². The normalized spacial score (nSPS) is 10.6. The fourth-order valence-electron chi connectivity index (χ4n) is 1.75. The molecule has 2 aromatic heterocycles. The van der Waals surface area contributed by atoms with Crippen LogP contribution in [0.25, 0.3) is 22.3 Å². The minimum absolute atomic E-state index is 0.0486. The summed E-state index contributed by atoms with van der Waals surface area (Å²) < 4.78 is 5.67. The van der Waals surface area contributed by atoms with Gasteiger partial charge in [-0.15, -0.1) is 0 Å². The molecule has 0 atom stereocenters. The molecule has 17 heavy (non-hydrogen) atoms. The second kappa shape index (κ2) is 3.87. The van der Waals surface area contributed by atoms with E-state index in [0.29, 0.717) is 16.7 Å².